The summed E-state index contributed by atoms with van der Waals surface area (Å²) in [6.07, 6.45) is 3.39. The summed E-state index contributed by atoms with van der Waals surface area (Å²) in [5.41, 5.74) is 1.63. The summed E-state index contributed by atoms with van der Waals surface area (Å²) in [5, 5.41) is 15.4. The fourth-order valence-corrected chi connectivity index (χ4v) is 2.34. The molecule has 1 atom stereocenters. The minimum atomic E-state index is -0.412. The van der Waals surface area contributed by atoms with Crippen molar-refractivity contribution in [2.75, 3.05) is 18.5 Å². The summed E-state index contributed by atoms with van der Waals surface area (Å²) in [5.74, 6) is -0.412. The minimum Gasteiger partial charge on any atom is -0.376 e. The van der Waals surface area contributed by atoms with E-state index < -0.39 is 5.91 Å². The first kappa shape index (κ1) is 16.3. The Labute approximate surface area is 134 Å². The Morgan fingerprint density at radius 2 is 2.41 bits per heavy atom. The van der Waals surface area contributed by atoms with Crippen molar-refractivity contribution in [3.8, 4) is 6.07 Å². The number of benzene rings is 1. The zero-order valence-corrected chi connectivity index (χ0v) is 13.1. The standard InChI is InChI=1S/C16H18ClN3O2/c1-11-14(17)5-2-6-15(11)19-9-12(8-18)16(21)20-10-13-4-3-7-22-13/h2,5-6,9,13,19H,3-4,7,10H2,1H3,(H,20,21)/b12-9-. The van der Waals surface area contributed by atoms with Crippen LogP contribution in [0.25, 0.3) is 0 Å². The maximum atomic E-state index is 12.0. The molecule has 1 aromatic carbocycles. The maximum absolute atomic E-state index is 12.0. The predicted molar refractivity (Wildman–Crippen MR) is 85.5 cm³/mol. The van der Waals surface area contributed by atoms with Gasteiger partial charge in [0.1, 0.15) is 11.6 Å². The van der Waals surface area contributed by atoms with Crippen molar-refractivity contribution < 1.29 is 9.53 Å². The summed E-state index contributed by atoms with van der Waals surface area (Å²) < 4.78 is 5.43. The summed E-state index contributed by atoms with van der Waals surface area (Å²) >= 11 is 6.03. The first-order chi connectivity index (χ1) is 10.6. The van der Waals surface area contributed by atoms with Gasteiger partial charge in [-0.3, -0.25) is 4.79 Å². The second-order valence-corrected chi connectivity index (χ2v) is 5.48. The zero-order chi connectivity index (χ0) is 15.9. The van der Waals surface area contributed by atoms with Crippen LogP contribution in [0.4, 0.5) is 5.69 Å². The fraction of sp³-hybridized carbons (Fsp3) is 0.375. The molecule has 1 aromatic rings. The van der Waals surface area contributed by atoms with Crippen LogP contribution in [0.3, 0.4) is 0 Å². The van der Waals surface area contributed by atoms with E-state index in [1.807, 2.05) is 19.1 Å². The van der Waals surface area contributed by atoms with Gasteiger partial charge >= 0.3 is 0 Å². The lowest BCUT2D eigenvalue weighted by molar-refractivity contribution is -0.117. The van der Waals surface area contributed by atoms with Gasteiger partial charge in [-0.15, -0.1) is 0 Å². The molecule has 5 nitrogen and oxygen atoms in total. The predicted octanol–water partition coefficient (Wildman–Crippen LogP) is 2.76. The molecule has 1 fully saturated rings. The minimum absolute atomic E-state index is 0.0115. The van der Waals surface area contributed by atoms with Crippen molar-refractivity contribution in [3.63, 3.8) is 0 Å². The largest absolute Gasteiger partial charge is 0.376 e. The van der Waals surface area contributed by atoms with Crippen LogP contribution in [-0.2, 0) is 9.53 Å². The second kappa shape index (κ2) is 7.83. The Balaban J connectivity index is 1.96. The van der Waals surface area contributed by atoms with Crippen molar-refractivity contribution in [3.05, 3.63) is 40.6 Å². The topological polar surface area (TPSA) is 74.2 Å². The Morgan fingerprint density at radius 1 is 1.59 bits per heavy atom. The SMILES string of the molecule is Cc1c(Cl)cccc1N/C=C(/C#N)C(=O)NCC1CCCO1. The smallest absolute Gasteiger partial charge is 0.263 e. The van der Waals surface area contributed by atoms with Gasteiger partial charge in [0.25, 0.3) is 5.91 Å². The van der Waals surface area contributed by atoms with E-state index in [1.54, 1.807) is 12.1 Å². The van der Waals surface area contributed by atoms with Crippen molar-refractivity contribution >= 4 is 23.2 Å². The summed E-state index contributed by atoms with van der Waals surface area (Å²) in [4.78, 5) is 12.0. The van der Waals surface area contributed by atoms with Crippen LogP contribution in [0.1, 0.15) is 18.4 Å². The average molecular weight is 320 g/mol. The third-order valence-corrected chi connectivity index (χ3v) is 3.93. The Kier molecular flexibility index (Phi) is 5.82. The van der Waals surface area contributed by atoms with Crippen molar-refractivity contribution in [2.45, 2.75) is 25.9 Å². The molecule has 1 aliphatic rings. The van der Waals surface area contributed by atoms with E-state index in [9.17, 15) is 4.79 Å². The lowest BCUT2D eigenvalue weighted by Crippen LogP contribution is -2.32. The number of amides is 1. The highest BCUT2D eigenvalue weighted by Crippen LogP contribution is 2.23. The first-order valence-corrected chi connectivity index (χ1v) is 7.51. The molecule has 116 valence electrons. The molecule has 1 amide bonds. The van der Waals surface area contributed by atoms with Gasteiger partial charge in [-0.1, -0.05) is 17.7 Å². The molecule has 0 radical (unpaired) electrons. The van der Waals surface area contributed by atoms with E-state index in [0.29, 0.717) is 11.6 Å². The molecule has 6 heteroatoms. The molecule has 0 aliphatic carbocycles. The number of ether oxygens (including phenoxy) is 1. The van der Waals surface area contributed by atoms with Gasteiger partial charge < -0.3 is 15.4 Å². The number of carbonyl (C=O) groups is 1. The van der Waals surface area contributed by atoms with Crippen LogP contribution in [0.15, 0.2) is 30.0 Å². The molecule has 0 aromatic heterocycles. The van der Waals surface area contributed by atoms with E-state index >= 15 is 0 Å². The number of hydrogen-bond donors (Lipinski definition) is 2. The fourth-order valence-electron chi connectivity index (χ4n) is 2.17. The van der Waals surface area contributed by atoms with Gasteiger partial charge in [-0.25, -0.2) is 0 Å². The monoisotopic (exact) mass is 319 g/mol. The van der Waals surface area contributed by atoms with E-state index in [2.05, 4.69) is 10.6 Å². The van der Waals surface area contributed by atoms with Gasteiger partial charge in [-0.2, -0.15) is 5.26 Å². The molecule has 22 heavy (non-hydrogen) atoms. The van der Waals surface area contributed by atoms with Crippen LogP contribution >= 0.6 is 11.6 Å². The van der Waals surface area contributed by atoms with E-state index in [4.69, 9.17) is 21.6 Å². The average Bonchev–Trinajstić information content (AvgIpc) is 3.03. The van der Waals surface area contributed by atoms with E-state index in [0.717, 1.165) is 30.7 Å². The van der Waals surface area contributed by atoms with Crippen LogP contribution in [0.2, 0.25) is 5.02 Å². The van der Waals surface area contributed by atoms with Gasteiger partial charge in [0.05, 0.1) is 6.10 Å². The maximum Gasteiger partial charge on any atom is 0.263 e. The molecule has 2 N–H and O–H groups in total. The molecule has 0 spiro atoms. The number of hydrogen-bond acceptors (Lipinski definition) is 4. The molecule has 1 unspecified atom stereocenters. The number of halogens is 1. The molecule has 2 rings (SSSR count). The molecule has 0 saturated carbocycles. The number of nitrogens with zero attached hydrogens (tertiary/aromatic N) is 1. The van der Waals surface area contributed by atoms with Crippen LogP contribution in [-0.4, -0.2) is 25.2 Å². The van der Waals surface area contributed by atoms with Crippen LogP contribution in [0.5, 0.6) is 0 Å². The van der Waals surface area contributed by atoms with Gasteiger partial charge in [-0.05, 0) is 37.5 Å². The third kappa shape index (κ3) is 4.23. The molecule has 1 heterocycles. The number of nitriles is 1. The highest BCUT2D eigenvalue weighted by molar-refractivity contribution is 6.31. The van der Waals surface area contributed by atoms with Crippen molar-refractivity contribution in [2.24, 2.45) is 0 Å². The highest BCUT2D eigenvalue weighted by Gasteiger charge is 2.17. The molecular weight excluding hydrogens is 302 g/mol. The summed E-state index contributed by atoms with van der Waals surface area (Å²) in [6.45, 7) is 3.02. The molecule has 1 saturated heterocycles. The molecular formula is C16H18ClN3O2. The molecule has 1 aliphatic heterocycles. The number of anilines is 1. The van der Waals surface area contributed by atoms with Crippen molar-refractivity contribution in [1.29, 1.82) is 5.26 Å². The molecule has 0 bridgehead atoms. The normalized spacial score (nSPS) is 17.9. The quantitative estimate of drug-likeness (QED) is 0.646. The summed E-state index contributed by atoms with van der Waals surface area (Å²) in [7, 11) is 0. The van der Waals surface area contributed by atoms with E-state index in [1.165, 1.54) is 6.20 Å². The lowest BCUT2D eigenvalue weighted by Gasteiger charge is -2.11. The third-order valence-electron chi connectivity index (χ3n) is 3.52. The van der Waals surface area contributed by atoms with E-state index in [-0.39, 0.29) is 11.7 Å². The second-order valence-electron chi connectivity index (χ2n) is 5.07. The van der Waals surface area contributed by atoms with Gasteiger partial charge in [0.15, 0.2) is 0 Å². The highest BCUT2D eigenvalue weighted by atomic mass is 35.5. The zero-order valence-electron chi connectivity index (χ0n) is 12.4. The number of carbonyl (C=O) groups excluding carboxylic acids is 1. The first-order valence-electron chi connectivity index (χ1n) is 7.13. The number of nitrogens with one attached hydrogen (secondary N) is 2. The Bertz CT molecular complexity index is 616. The van der Waals surface area contributed by atoms with Crippen LogP contribution in [0, 0.1) is 18.3 Å². The lowest BCUT2D eigenvalue weighted by atomic mass is 10.2. The summed E-state index contributed by atoms with van der Waals surface area (Å²) in [6, 6.07) is 7.31. The van der Waals surface area contributed by atoms with Crippen molar-refractivity contribution in [1.82, 2.24) is 5.32 Å². The van der Waals surface area contributed by atoms with Gasteiger partial charge in [0, 0.05) is 30.1 Å². The Hall–Kier alpha value is -2.03. The number of rotatable bonds is 5. The van der Waals surface area contributed by atoms with Gasteiger partial charge in [0.2, 0.25) is 0 Å². The Morgan fingerprint density at radius 3 is 3.09 bits per heavy atom. The van der Waals surface area contributed by atoms with Crippen LogP contribution < -0.4 is 10.6 Å².